The monoisotopic (exact) mass is 567 g/mol. The van der Waals surface area contributed by atoms with E-state index in [0.29, 0.717) is 41.6 Å². The highest BCUT2D eigenvalue weighted by Gasteiger charge is 2.50. The summed E-state index contributed by atoms with van der Waals surface area (Å²) in [4.78, 5) is 12.0. The molecule has 1 aromatic heterocycles. The molecular formula is C33H53N3O3Si. The Labute approximate surface area is 243 Å². The van der Waals surface area contributed by atoms with E-state index in [1.54, 1.807) is 18.7 Å². The van der Waals surface area contributed by atoms with Crippen LogP contribution in [0.15, 0.2) is 41.6 Å². The summed E-state index contributed by atoms with van der Waals surface area (Å²) in [5.41, 5.74) is 4.90. The van der Waals surface area contributed by atoms with Crippen LogP contribution >= 0.6 is 0 Å². The Kier molecular flexibility index (Phi) is 9.35. The van der Waals surface area contributed by atoms with Crippen LogP contribution in [0, 0.1) is 23.2 Å². The molecule has 0 amide bonds. The van der Waals surface area contributed by atoms with Crippen LogP contribution in [-0.2, 0) is 15.7 Å². The largest absolute Gasteiger partial charge is 0.461 e. The van der Waals surface area contributed by atoms with Crippen molar-refractivity contribution in [1.29, 1.82) is 0 Å². The maximum Gasteiger partial charge on any atom is 0.360 e. The zero-order valence-electron chi connectivity index (χ0n) is 26.4. The molecule has 7 heteroatoms. The van der Waals surface area contributed by atoms with Crippen molar-refractivity contribution < 1.29 is 14.0 Å². The van der Waals surface area contributed by atoms with Gasteiger partial charge in [-0.15, -0.1) is 5.10 Å². The van der Waals surface area contributed by atoms with Gasteiger partial charge in [0, 0.05) is 12.6 Å². The van der Waals surface area contributed by atoms with E-state index in [9.17, 15) is 4.79 Å². The van der Waals surface area contributed by atoms with Gasteiger partial charge < -0.3 is 9.16 Å². The summed E-state index contributed by atoms with van der Waals surface area (Å²) in [6.07, 6.45) is 16.3. The number of rotatable bonds is 8. The van der Waals surface area contributed by atoms with Crippen LogP contribution in [0.3, 0.4) is 0 Å². The summed E-state index contributed by atoms with van der Waals surface area (Å²) in [6.45, 7) is 23.9. The number of carbonyl (C=O) groups excluding carboxylic acids is 1. The molecule has 6 nitrogen and oxygen atoms in total. The third kappa shape index (κ3) is 6.56. The van der Waals surface area contributed by atoms with Crippen molar-refractivity contribution in [2.24, 2.45) is 23.2 Å². The van der Waals surface area contributed by atoms with Crippen molar-refractivity contribution in [2.75, 3.05) is 6.61 Å². The molecule has 0 aliphatic heterocycles. The first-order valence-corrected chi connectivity index (χ1v) is 18.5. The molecule has 222 valence electrons. The van der Waals surface area contributed by atoms with E-state index in [0.717, 1.165) is 25.8 Å². The van der Waals surface area contributed by atoms with Gasteiger partial charge in [-0.25, -0.2) is 4.79 Å². The third-order valence-corrected chi connectivity index (χ3v) is 15.2. The quantitative estimate of drug-likeness (QED) is 0.233. The van der Waals surface area contributed by atoms with Crippen molar-refractivity contribution in [3.8, 4) is 0 Å². The van der Waals surface area contributed by atoms with Crippen LogP contribution < -0.4 is 0 Å². The molecule has 1 heterocycles. The second kappa shape index (κ2) is 12.1. The molecule has 3 fully saturated rings. The fourth-order valence-electron chi connectivity index (χ4n) is 7.40. The van der Waals surface area contributed by atoms with Crippen LogP contribution in [0.1, 0.15) is 103 Å². The van der Waals surface area contributed by atoms with Gasteiger partial charge in [0.2, 0.25) is 0 Å². The van der Waals surface area contributed by atoms with Crippen LogP contribution in [-0.4, -0.2) is 42.0 Å². The lowest BCUT2D eigenvalue weighted by molar-refractivity contribution is 0.0519. The first kappa shape index (κ1) is 31.0. The summed E-state index contributed by atoms with van der Waals surface area (Å²) in [6, 6.07) is 0. The zero-order valence-corrected chi connectivity index (χ0v) is 27.4. The van der Waals surface area contributed by atoms with Gasteiger partial charge in [0.25, 0.3) is 0 Å². The number of allylic oxidation sites excluding steroid dienone is 4. The molecule has 3 aliphatic rings. The molecule has 3 aliphatic carbocycles. The van der Waals surface area contributed by atoms with E-state index in [1.807, 2.05) is 4.68 Å². The second-order valence-corrected chi connectivity index (χ2v) is 19.2. The van der Waals surface area contributed by atoms with Gasteiger partial charge in [-0.2, -0.15) is 0 Å². The van der Waals surface area contributed by atoms with E-state index in [-0.39, 0.29) is 5.04 Å². The Hall–Kier alpha value is -1.99. The standard InChI is InChI=1S/C33H53N3O3Si/c1-10-38-31(37)30-22-36(35-34-30)21-24(3)28-17-18-29-25(12-11-19-33(28,29)7)14-15-26-20-27(16-13-23(26)2)39-40(8,9)32(4,5)6/h14-15,22,24,27-29H,2,10-13,16-21H2,1,3-9H3/b25-14-,26-15-/t24-,27+,28?,29+,33-/m1/s1. The molecule has 0 aromatic carbocycles. The van der Waals surface area contributed by atoms with E-state index >= 15 is 0 Å². The minimum absolute atomic E-state index is 0.229. The van der Waals surface area contributed by atoms with E-state index < -0.39 is 14.3 Å². The second-order valence-electron chi connectivity index (χ2n) is 14.4. The van der Waals surface area contributed by atoms with Gasteiger partial charge in [0.05, 0.1) is 12.8 Å². The van der Waals surface area contributed by atoms with Crippen LogP contribution in [0.2, 0.25) is 18.1 Å². The van der Waals surface area contributed by atoms with Gasteiger partial charge in [0.1, 0.15) is 0 Å². The fourth-order valence-corrected chi connectivity index (χ4v) is 8.79. The molecule has 1 aromatic rings. The molecule has 0 saturated heterocycles. The molecule has 0 radical (unpaired) electrons. The third-order valence-electron chi connectivity index (χ3n) is 10.7. The number of aromatic nitrogens is 3. The van der Waals surface area contributed by atoms with E-state index in [4.69, 9.17) is 9.16 Å². The first-order valence-electron chi connectivity index (χ1n) is 15.6. The van der Waals surface area contributed by atoms with Crippen LogP contribution in [0.5, 0.6) is 0 Å². The number of hydrogen-bond donors (Lipinski definition) is 0. The number of nitrogens with zero attached hydrogens (tertiary/aromatic N) is 3. The zero-order chi connectivity index (χ0) is 29.3. The molecule has 40 heavy (non-hydrogen) atoms. The summed E-state index contributed by atoms with van der Waals surface area (Å²) in [7, 11) is -1.79. The Morgan fingerprint density at radius 3 is 2.70 bits per heavy atom. The summed E-state index contributed by atoms with van der Waals surface area (Å²) < 4.78 is 13.7. The normalized spacial score (nSPS) is 30.5. The molecule has 0 bridgehead atoms. The van der Waals surface area contributed by atoms with Gasteiger partial charge >= 0.3 is 5.97 Å². The highest BCUT2D eigenvalue weighted by molar-refractivity contribution is 6.74. The fraction of sp³-hybridized carbons (Fsp3) is 0.727. The van der Waals surface area contributed by atoms with Crippen molar-refractivity contribution >= 4 is 14.3 Å². The molecule has 3 saturated carbocycles. The lowest BCUT2D eigenvalue weighted by atomic mass is 9.61. The predicted octanol–water partition coefficient (Wildman–Crippen LogP) is 8.29. The van der Waals surface area contributed by atoms with Crippen molar-refractivity contribution in [3.05, 3.63) is 47.3 Å². The first-order chi connectivity index (χ1) is 18.7. The maximum absolute atomic E-state index is 12.0. The molecular weight excluding hydrogens is 514 g/mol. The minimum Gasteiger partial charge on any atom is -0.461 e. The predicted molar refractivity (Wildman–Crippen MR) is 165 cm³/mol. The average molecular weight is 568 g/mol. The number of fused-ring (bicyclic) bond motifs is 1. The van der Waals surface area contributed by atoms with Crippen LogP contribution in [0.25, 0.3) is 0 Å². The highest BCUT2D eigenvalue weighted by Crippen LogP contribution is 2.59. The van der Waals surface area contributed by atoms with Gasteiger partial charge in [-0.3, -0.25) is 4.68 Å². The Morgan fingerprint density at radius 2 is 2.00 bits per heavy atom. The smallest absolute Gasteiger partial charge is 0.360 e. The number of hydrogen-bond acceptors (Lipinski definition) is 5. The SMILES string of the molecule is C=C1CC[C@H](O[Si](C)(C)C(C)(C)C)C/C1=C/C=C1/CCC[C@]2(C)C([C@H](C)Cn3cc(C(=O)OCC)nn3)CC[C@@H]12. The lowest BCUT2D eigenvalue weighted by Gasteiger charge is -2.44. The minimum atomic E-state index is -1.79. The summed E-state index contributed by atoms with van der Waals surface area (Å²) in [5, 5.41) is 8.51. The summed E-state index contributed by atoms with van der Waals surface area (Å²) in [5.74, 6) is 1.31. The lowest BCUT2D eigenvalue weighted by Crippen LogP contribution is -2.44. The molecule has 5 atom stereocenters. The molecule has 1 unspecified atom stereocenters. The number of carbonyl (C=O) groups is 1. The maximum atomic E-state index is 12.0. The highest BCUT2D eigenvalue weighted by atomic mass is 28.4. The van der Waals surface area contributed by atoms with Gasteiger partial charge in [0.15, 0.2) is 14.0 Å². The number of ether oxygens (including phenoxy) is 1. The van der Waals surface area contributed by atoms with E-state index in [1.165, 1.54) is 43.3 Å². The van der Waals surface area contributed by atoms with Crippen LogP contribution in [0.4, 0.5) is 0 Å². The molecule has 0 spiro atoms. The molecule has 4 rings (SSSR count). The topological polar surface area (TPSA) is 66.2 Å². The summed E-state index contributed by atoms with van der Waals surface area (Å²) >= 11 is 0. The number of esters is 1. The van der Waals surface area contributed by atoms with Gasteiger partial charge in [-0.1, -0.05) is 69.7 Å². The Morgan fingerprint density at radius 1 is 1.25 bits per heavy atom. The van der Waals surface area contributed by atoms with E-state index in [2.05, 4.69) is 76.8 Å². The van der Waals surface area contributed by atoms with Crippen molar-refractivity contribution in [1.82, 2.24) is 15.0 Å². The Bertz CT molecular complexity index is 1140. The molecule has 0 N–H and O–H groups in total. The van der Waals surface area contributed by atoms with Crippen molar-refractivity contribution in [3.63, 3.8) is 0 Å². The Balaban J connectivity index is 1.44. The van der Waals surface area contributed by atoms with Crippen molar-refractivity contribution in [2.45, 2.75) is 124 Å². The average Bonchev–Trinajstić information content (AvgIpc) is 3.48. The van der Waals surface area contributed by atoms with Gasteiger partial charge in [-0.05, 0) is 105 Å².